The molecule has 0 aliphatic rings. The van der Waals surface area contributed by atoms with Crippen LogP contribution in [-0.2, 0) is 0 Å². The van der Waals surface area contributed by atoms with Crippen molar-refractivity contribution < 1.29 is 4.39 Å². The van der Waals surface area contributed by atoms with Crippen LogP contribution in [0.2, 0.25) is 0 Å². The van der Waals surface area contributed by atoms with E-state index in [0.29, 0.717) is 5.66 Å². The molecule has 0 bridgehead atoms. The fourth-order valence-corrected chi connectivity index (χ4v) is 6.93. The maximum Gasteiger partial charge on any atom is 0.123 e. The second kappa shape index (κ2) is 7.41. The third-order valence-corrected chi connectivity index (χ3v) is 10.7. The van der Waals surface area contributed by atoms with E-state index in [4.69, 9.17) is 0 Å². The highest BCUT2D eigenvalue weighted by atomic mass is 31.2. The third kappa shape index (κ3) is 3.73. The molecule has 0 aliphatic carbocycles. The second-order valence-corrected chi connectivity index (χ2v) is 11.0. The summed E-state index contributed by atoms with van der Waals surface area (Å²) in [7, 11) is -0.843. The van der Waals surface area contributed by atoms with Gasteiger partial charge in [-0.2, -0.15) is 0 Å². The monoisotopic (exact) mass is 298 g/mol. The number of nitrogens with one attached hydrogen (secondary N) is 1. The molecule has 0 radical (unpaired) electrons. The van der Waals surface area contributed by atoms with Crippen LogP contribution in [0.15, 0.2) is 12.1 Å². The molecule has 0 saturated carbocycles. The number of hydrogen-bond acceptors (Lipinski definition) is 1. The number of halogens is 1. The molecule has 1 aromatic rings. The minimum Gasteiger partial charge on any atom is -0.381 e. The van der Waals surface area contributed by atoms with Crippen LogP contribution in [0.1, 0.15) is 38.8 Å². The summed E-state index contributed by atoms with van der Waals surface area (Å²) in [5, 5.41) is 3.58. The summed E-state index contributed by atoms with van der Waals surface area (Å²) < 4.78 is 13.3. The maximum absolute atomic E-state index is 13.3. The summed E-state index contributed by atoms with van der Waals surface area (Å²) in [5.41, 5.74) is 3.83. The minimum atomic E-state index is -0.843. The molecule has 0 saturated heterocycles. The Kier molecular flexibility index (Phi) is 6.45. The molecule has 1 N–H and O–H groups in total. The van der Waals surface area contributed by atoms with E-state index in [0.717, 1.165) is 23.4 Å². The molecular formula is C17H30FNP+. The fourth-order valence-electron chi connectivity index (χ4n) is 3.24. The van der Waals surface area contributed by atoms with Gasteiger partial charge < -0.3 is 5.32 Å². The van der Waals surface area contributed by atoms with Crippen LogP contribution >= 0.6 is 7.26 Å². The van der Waals surface area contributed by atoms with Gasteiger partial charge in [-0.05, 0) is 64.8 Å². The summed E-state index contributed by atoms with van der Waals surface area (Å²) in [6.45, 7) is 14.3. The van der Waals surface area contributed by atoms with Crippen molar-refractivity contribution in [3.05, 3.63) is 29.1 Å². The zero-order chi connectivity index (χ0) is 15.3. The number of aryl methyl sites for hydroxylation is 2. The van der Waals surface area contributed by atoms with Crippen LogP contribution < -0.4 is 5.32 Å². The Balaban J connectivity index is 2.82. The van der Waals surface area contributed by atoms with Crippen LogP contribution in [0.25, 0.3) is 0 Å². The van der Waals surface area contributed by atoms with Gasteiger partial charge in [0, 0.05) is 12.9 Å². The van der Waals surface area contributed by atoms with Crippen molar-refractivity contribution in [2.75, 3.05) is 30.3 Å². The molecule has 1 nitrogen and oxygen atoms in total. The van der Waals surface area contributed by atoms with Gasteiger partial charge in [0.05, 0.1) is 30.7 Å². The van der Waals surface area contributed by atoms with Gasteiger partial charge in [-0.3, -0.25) is 0 Å². The van der Waals surface area contributed by atoms with Crippen molar-refractivity contribution in [1.29, 1.82) is 0 Å². The van der Waals surface area contributed by atoms with Crippen LogP contribution in [0.4, 0.5) is 10.1 Å². The van der Waals surface area contributed by atoms with Gasteiger partial charge in [0.25, 0.3) is 0 Å². The maximum atomic E-state index is 13.3. The predicted octanol–water partition coefficient (Wildman–Crippen LogP) is 5.32. The van der Waals surface area contributed by atoms with Gasteiger partial charge in [-0.25, -0.2) is 4.39 Å². The summed E-state index contributed by atoms with van der Waals surface area (Å²) in [6, 6.07) is 3.23. The highest BCUT2D eigenvalue weighted by molar-refractivity contribution is 7.76. The molecule has 3 heteroatoms. The summed E-state index contributed by atoms with van der Waals surface area (Å²) in [4.78, 5) is 0. The standard InChI is InChI=1S/C17H30FNP/c1-7-20(8-2,9-3)15(6)12-19-17-13(4)10-16(18)11-14(17)5/h10-11,15,19H,7-9,12H2,1-6H3/q+1. The molecule has 0 spiro atoms. The van der Waals surface area contributed by atoms with Crippen molar-refractivity contribution in [3.63, 3.8) is 0 Å². The number of rotatable bonds is 7. The highest BCUT2D eigenvalue weighted by Crippen LogP contribution is 2.61. The first kappa shape index (κ1) is 17.4. The Labute approximate surface area is 124 Å². The van der Waals surface area contributed by atoms with Gasteiger partial charge in [0.2, 0.25) is 0 Å². The van der Waals surface area contributed by atoms with E-state index in [2.05, 4.69) is 33.0 Å². The molecule has 1 rings (SSSR count). The van der Waals surface area contributed by atoms with Gasteiger partial charge in [0.15, 0.2) is 0 Å². The Hall–Kier alpha value is -0.620. The largest absolute Gasteiger partial charge is 0.381 e. The smallest absolute Gasteiger partial charge is 0.123 e. The molecule has 0 aliphatic heterocycles. The van der Waals surface area contributed by atoms with Crippen LogP contribution in [0.3, 0.4) is 0 Å². The van der Waals surface area contributed by atoms with Gasteiger partial charge in [0.1, 0.15) is 5.82 Å². The van der Waals surface area contributed by atoms with Crippen molar-refractivity contribution in [1.82, 2.24) is 0 Å². The lowest BCUT2D eigenvalue weighted by molar-refractivity contribution is 0.625. The van der Waals surface area contributed by atoms with Gasteiger partial charge in [-0.1, -0.05) is 0 Å². The lowest BCUT2D eigenvalue weighted by Crippen LogP contribution is -2.25. The Morgan fingerprint density at radius 1 is 1.05 bits per heavy atom. The number of anilines is 1. The molecule has 0 fully saturated rings. The molecular weight excluding hydrogens is 268 g/mol. The van der Waals surface area contributed by atoms with E-state index < -0.39 is 7.26 Å². The normalized spacial score (nSPS) is 13.3. The number of hydrogen-bond donors (Lipinski definition) is 1. The molecule has 114 valence electrons. The first-order valence-electron chi connectivity index (χ1n) is 7.76. The Bertz CT molecular complexity index is 409. The lowest BCUT2D eigenvalue weighted by Gasteiger charge is -2.31. The van der Waals surface area contributed by atoms with Crippen molar-refractivity contribution >= 4 is 12.9 Å². The predicted molar refractivity (Wildman–Crippen MR) is 92.4 cm³/mol. The van der Waals surface area contributed by atoms with Crippen molar-refractivity contribution in [2.24, 2.45) is 0 Å². The van der Waals surface area contributed by atoms with Crippen LogP contribution in [0.5, 0.6) is 0 Å². The quantitative estimate of drug-likeness (QED) is 0.672. The molecule has 1 aromatic carbocycles. The average Bonchev–Trinajstić information content (AvgIpc) is 2.40. The second-order valence-electron chi connectivity index (χ2n) is 5.81. The number of benzene rings is 1. The van der Waals surface area contributed by atoms with E-state index >= 15 is 0 Å². The Morgan fingerprint density at radius 3 is 1.90 bits per heavy atom. The first-order chi connectivity index (χ1) is 9.40. The van der Waals surface area contributed by atoms with E-state index in [1.165, 1.54) is 18.5 Å². The van der Waals surface area contributed by atoms with Gasteiger partial charge in [-0.15, -0.1) is 0 Å². The average molecular weight is 298 g/mol. The van der Waals surface area contributed by atoms with E-state index in [1.807, 2.05) is 13.8 Å². The zero-order valence-electron chi connectivity index (χ0n) is 13.9. The Morgan fingerprint density at radius 2 is 1.50 bits per heavy atom. The minimum absolute atomic E-state index is 0.142. The fraction of sp³-hybridized carbons (Fsp3) is 0.647. The molecule has 20 heavy (non-hydrogen) atoms. The highest BCUT2D eigenvalue weighted by Gasteiger charge is 2.37. The lowest BCUT2D eigenvalue weighted by atomic mass is 10.1. The van der Waals surface area contributed by atoms with Crippen molar-refractivity contribution in [2.45, 2.75) is 47.2 Å². The topological polar surface area (TPSA) is 12.0 Å². The van der Waals surface area contributed by atoms with E-state index in [-0.39, 0.29) is 5.82 Å². The van der Waals surface area contributed by atoms with Crippen molar-refractivity contribution in [3.8, 4) is 0 Å². The first-order valence-corrected chi connectivity index (χ1v) is 10.2. The molecule has 0 heterocycles. The van der Waals surface area contributed by atoms with E-state index in [1.54, 1.807) is 12.1 Å². The SMILES string of the molecule is CC[P+](CC)(CC)C(C)CNc1c(C)cc(F)cc1C. The third-order valence-electron chi connectivity index (χ3n) is 4.90. The van der Waals surface area contributed by atoms with Crippen LogP contribution in [0, 0.1) is 19.7 Å². The molecule has 0 aromatic heterocycles. The molecule has 1 unspecified atom stereocenters. The molecule has 0 amide bonds. The molecule has 1 atom stereocenters. The summed E-state index contributed by atoms with van der Waals surface area (Å²) in [6.07, 6.45) is 3.97. The van der Waals surface area contributed by atoms with Crippen LogP contribution in [-0.4, -0.2) is 30.7 Å². The van der Waals surface area contributed by atoms with Gasteiger partial charge >= 0.3 is 0 Å². The summed E-state index contributed by atoms with van der Waals surface area (Å²) >= 11 is 0. The summed E-state index contributed by atoms with van der Waals surface area (Å²) in [5.74, 6) is -0.142. The zero-order valence-corrected chi connectivity index (χ0v) is 14.8. The van der Waals surface area contributed by atoms with E-state index in [9.17, 15) is 4.39 Å².